The number of nitrogens with zero attached hydrogens (tertiary/aromatic N) is 3. The number of nitriles is 1. The summed E-state index contributed by atoms with van der Waals surface area (Å²) in [5, 5.41) is 9.06. The van der Waals surface area contributed by atoms with Gasteiger partial charge in [-0.25, -0.2) is 0 Å². The van der Waals surface area contributed by atoms with Crippen LogP contribution in [-0.2, 0) is 4.79 Å². The van der Waals surface area contributed by atoms with Crippen molar-refractivity contribution >= 4 is 5.91 Å². The third-order valence-electron chi connectivity index (χ3n) is 3.38. The van der Waals surface area contributed by atoms with Crippen LogP contribution in [0.4, 0.5) is 0 Å². The summed E-state index contributed by atoms with van der Waals surface area (Å²) < 4.78 is 0. The Labute approximate surface area is 111 Å². The van der Waals surface area contributed by atoms with Crippen LogP contribution in [-0.4, -0.2) is 48.4 Å². The van der Waals surface area contributed by atoms with Gasteiger partial charge < -0.3 is 4.90 Å². The lowest BCUT2D eigenvalue weighted by Crippen LogP contribution is -2.51. The summed E-state index contributed by atoms with van der Waals surface area (Å²) in [6.07, 6.45) is 0. The summed E-state index contributed by atoms with van der Waals surface area (Å²) >= 11 is 0. The molecule has 0 aromatic heterocycles. The number of piperazine rings is 1. The summed E-state index contributed by atoms with van der Waals surface area (Å²) in [6, 6.07) is 2.14. The third-order valence-corrected chi connectivity index (χ3v) is 3.38. The van der Waals surface area contributed by atoms with E-state index in [0.29, 0.717) is 5.92 Å². The third kappa shape index (κ3) is 3.99. The fourth-order valence-corrected chi connectivity index (χ4v) is 2.35. The Kier molecular flexibility index (Phi) is 5.61. The number of rotatable bonds is 4. The van der Waals surface area contributed by atoms with E-state index in [1.54, 1.807) is 0 Å². The molecule has 1 unspecified atom stereocenters. The second kappa shape index (κ2) is 6.75. The van der Waals surface area contributed by atoms with Gasteiger partial charge in [-0.1, -0.05) is 27.7 Å². The maximum atomic E-state index is 12.2. The minimum atomic E-state index is -0.485. The van der Waals surface area contributed by atoms with E-state index in [0.717, 1.165) is 32.7 Å². The highest BCUT2D eigenvalue weighted by atomic mass is 16.2. The molecule has 0 N–H and O–H groups in total. The molecule has 1 aliphatic heterocycles. The smallest absolute Gasteiger partial charge is 0.240 e. The van der Waals surface area contributed by atoms with Gasteiger partial charge in [-0.15, -0.1) is 0 Å². The highest BCUT2D eigenvalue weighted by molar-refractivity contribution is 5.81. The molecule has 0 aromatic carbocycles. The maximum Gasteiger partial charge on any atom is 0.240 e. The van der Waals surface area contributed by atoms with Gasteiger partial charge in [0.05, 0.1) is 6.07 Å². The molecule has 1 atom stereocenters. The van der Waals surface area contributed by atoms with Crippen molar-refractivity contribution in [1.29, 1.82) is 5.26 Å². The van der Waals surface area contributed by atoms with Crippen LogP contribution in [0.5, 0.6) is 0 Å². The molecule has 0 aromatic rings. The van der Waals surface area contributed by atoms with Gasteiger partial charge >= 0.3 is 0 Å². The van der Waals surface area contributed by atoms with Crippen LogP contribution >= 0.6 is 0 Å². The number of hydrogen-bond donors (Lipinski definition) is 0. The quantitative estimate of drug-likeness (QED) is 0.762. The molecule has 1 heterocycles. The Morgan fingerprint density at radius 1 is 1.17 bits per heavy atom. The lowest BCUT2D eigenvalue weighted by atomic mass is 9.95. The normalized spacial score (nSPS) is 19.1. The Bertz CT molecular complexity index is 311. The summed E-state index contributed by atoms with van der Waals surface area (Å²) in [7, 11) is 0. The van der Waals surface area contributed by atoms with Gasteiger partial charge in [0.1, 0.15) is 5.92 Å². The van der Waals surface area contributed by atoms with Crippen molar-refractivity contribution in [3.63, 3.8) is 0 Å². The van der Waals surface area contributed by atoms with Crippen LogP contribution < -0.4 is 0 Å². The molecule has 18 heavy (non-hydrogen) atoms. The van der Waals surface area contributed by atoms with Crippen LogP contribution in [0.2, 0.25) is 0 Å². The van der Waals surface area contributed by atoms with Gasteiger partial charge in [0.15, 0.2) is 0 Å². The average molecular weight is 251 g/mol. The highest BCUT2D eigenvalue weighted by Gasteiger charge is 2.29. The SMILES string of the molecule is CC(C)CN1CCN(C(=O)C(C#N)C(C)C)CC1. The van der Waals surface area contributed by atoms with Crippen LogP contribution in [0.3, 0.4) is 0 Å². The van der Waals surface area contributed by atoms with E-state index in [1.807, 2.05) is 18.7 Å². The zero-order valence-electron chi connectivity index (χ0n) is 12.0. The van der Waals surface area contributed by atoms with E-state index < -0.39 is 5.92 Å². The average Bonchev–Trinajstić information content (AvgIpc) is 2.29. The molecule has 0 aliphatic carbocycles. The molecule has 1 aliphatic rings. The number of amides is 1. The van der Waals surface area contributed by atoms with Gasteiger partial charge in [-0.05, 0) is 11.8 Å². The van der Waals surface area contributed by atoms with E-state index in [2.05, 4.69) is 24.8 Å². The molecular weight excluding hydrogens is 226 g/mol. The first-order chi connectivity index (χ1) is 8.45. The first kappa shape index (κ1) is 15.0. The molecule has 1 fully saturated rings. The Morgan fingerprint density at radius 3 is 2.11 bits per heavy atom. The van der Waals surface area contributed by atoms with Crippen molar-refractivity contribution in [3.05, 3.63) is 0 Å². The second-order valence-corrected chi connectivity index (χ2v) is 5.87. The van der Waals surface area contributed by atoms with Crippen LogP contribution in [0.25, 0.3) is 0 Å². The zero-order chi connectivity index (χ0) is 13.7. The van der Waals surface area contributed by atoms with Crippen molar-refractivity contribution < 1.29 is 4.79 Å². The molecule has 1 amide bonds. The van der Waals surface area contributed by atoms with E-state index in [1.165, 1.54) is 0 Å². The van der Waals surface area contributed by atoms with E-state index in [-0.39, 0.29) is 11.8 Å². The molecular formula is C14H25N3O. The van der Waals surface area contributed by atoms with Crippen molar-refractivity contribution in [1.82, 2.24) is 9.80 Å². The Morgan fingerprint density at radius 2 is 1.72 bits per heavy atom. The largest absolute Gasteiger partial charge is 0.339 e. The van der Waals surface area contributed by atoms with E-state index in [4.69, 9.17) is 5.26 Å². The molecule has 0 spiro atoms. The summed E-state index contributed by atoms with van der Waals surface area (Å²) in [4.78, 5) is 16.4. The molecule has 102 valence electrons. The topological polar surface area (TPSA) is 47.3 Å². The van der Waals surface area contributed by atoms with Gasteiger partial charge in [-0.2, -0.15) is 5.26 Å². The van der Waals surface area contributed by atoms with Crippen molar-refractivity contribution in [2.24, 2.45) is 17.8 Å². The first-order valence-electron chi connectivity index (χ1n) is 6.86. The van der Waals surface area contributed by atoms with Gasteiger partial charge in [0.25, 0.3) is 0 Å². The van der Waals surface area contributed by atoms with Crippen molar-refractivity contribution in [3.8, 4) is 6.07 Å². The van der Waals surface area contributed by atoms with Crippen molar-refractivity contribution in [2.45, 2.75) is 27.7 Å². The maximum absolute atomic E-state index is 12.2. The fourth-order valence-electron chi connectivity index (χ4n) is 2.35. The molecule has 1 saturated heterocycles. The molecule has 0 bridgehead atoms. The predicted molar refractivity (Wildman–Crippen MR) is 71.8 cm³/mol. The highest BCUT2D eigenvalue weighted by Crippen LogP contribution is 2.15. The Balaban J connectivity index is 2.48. The van der Waals surface area contributed by atoms with Crippen molar-refractivity contribution in [2.75, 3.05) is 32.7 Å². The van der Waals surface area contributed by atoms with Gasteiger partial charge in [-0.3, -0.25) is 9.69 Å². The number of carbonyl (C=O) groups excluding carboxylic acids is 1. The molecule has 0 saturated carbocycles. The fraction of sp³-hybridized carbons (Fsp3) is 0.857. The molecule has 4 nitrogen and oxygen atoms in total. The lowest BCUT2D eigenvalue weighted by Gasteiger charge is -2.36. The monoisotopic (exact) mass is 251 g/mol. The van der Waals surface area contributed by atoms with Crippen LogP contribution in [0.15, 0.2) is 0 Å². The summed E-state index contributed by atoms with van der Waals surface area (Å²) in [6.45, 7) is 12.8. The number of hydrogen-bond acceptors (Lipinski definition) is 3. The zero-order valence-corrected chi connectivity index (χ0v) is 12.0. The van der Waals surface area contributed by atoms with E-state index in [9.17, 15) is 4.79 Å². The Hall–Kier alpha value is -1.08. The van der Waals surface area contributed by atoms with Crippen LogP contribution in [0, 0.1) is 29.1 Å². The molecule has 4 heteroatoms. The minimum Gasteiger partial charge on any atom is -0.339 e. The minimum absolute atomic E-state index is 0.0108. The predicted octanol–water partition coefficient (Wildman–Crippen LogP) is 1.58. The second-order valence-electron chi connectivity index (χ2n) is 5.87. The van der Waals surface area contributed by atoms with Crippen LogP contribution in [0.1, 0.15) is 27.7 Å². The molecule has 0 radical (unpaired) electrons. The summed E-state index contributed by atoms with van der Waals surface area (Å²) in [5.41, 5.74) is 0. The van der Waals surface area contributed by atoms with Gasteiger partial charge in [0, 0.05) is 32.7 Å². The van der Waals surface area contributed by atoms with E-state index >= 15 is 0 Å². The lowest BCUT2D eigenvalue weighted by molar-refractivity contribution is -0.136. The standard InChI is InChI=1S/C14H25N3O/c1-11(2)10-16-5-7-17(8-6-16)14(18)13(9-15)12(3)4/h11-13H,5-8,10H2,1-4H3. The summed E-state index contributed by atoms with van der Waals surface area (Å²) in [5.74, 6) is 0.282. The van der Waals surface area contributed by atoms with Gasteiger partial charge in [0.2, 0.25) is 5.91 Å². The first-order valence-corrected chi connectivity index (χ1v) is 6.86. The molecule has 1 rings (SSSR count). The number of carbonyl (C=O) groups is 1.